The average Bonchev–Trinajstić information content (AvgIpc) is 2.67. The lowest BCUT2D eigenvalue weighted by Gasteiger charge is -2.14. The summed E-state index contributed by atoms with van der Waals surface area (Å²) in [6.07, 6.45) is 1.10. The van der Waals surface area contributed by atoms with Crippen LogP contribution in [0.4, 0.5) is 5.69 Å². The molecular formula is C22H26BrN3O3S. The topological polar surface area (TPSA) is 70.7 Å². The molecule has 0 aliphatic heterocycles. The van der Waals surface area contributed by atoms with Crippen molar-refractivity contribution in [3.05, 3.63) is 58.1 Å². The normalized spacial score (nSPS) is 10.5. The number of ether oxygens (including phenoxy) is 1. The first-order chi connectivity index (χ1) is 14.2. The Labute approximate surface area is 191 Å². The van der Waals surface area contributed by atoms with Crippen LogP contribution in [0.2, 0.25) is 0 Å². The Balaban J connectivity index is 1.95. The molecule has 0 aliphatic carbocycles. The van der Waals surface area contributed by atoms with Crippen molar-refractivity contribution in [2.75, 3.05) is 19.4 Å². The lowest BCUT2D eigenvalue weighted by Crippen LogP contribution is -2.34. The second-order valence-electron chi connectivity index (χ2n) is 7.21. The smallest absolute Gasteiger partial charge is 0.257 e. The van der Waals surface area contributed by atoms with Gasteiger partial charge >= 0.3 is 0 Å². The summed E-state index contributed by atoms with van der Waals surface area (Å²) in [5.41, 5.74) is 2.21. The molecule has 2 amide bonds. The first kappa shape index (κ1) is 23.8. The molecule has 0 aromatic heterocycles. The fraction of sp³-hybridized carbons (Fsp3) is 0.318. The molecule has 2 rings (SSSR count). The molecule has 0 spiro atoms. The largest absolute Gasteiger partial charge is 0.490 e. The van der Waals surface area contributed by atoms with Crippen molar-refractivity contribution in [2.24, 2.45) is 0 Å². The van der Waals surface area contributed by atoms with Crippen LogP contribution in [0.1, 0.15) is 36.2 Å². The zero-order chi connectivity index (χ0) is 22.3. The third-order valence-corrected chi connectivity index (χ3v) is 4.92. The Bertz CT molecular complexity index is 932. The van der Waals surface area contributed by atoms with Crippen molar-refractivity contribution in [2.45, 2.75) is 32.8 Å². The Morgan fingerprint density at radius 1 is 1.17 bits per heavy atom. The van der Waals surface area contributed by atoms with Gasteiger partial charge in [0.25, 0.3) is 5.91 Å². The van der Waals surface area contributed by atoms with Gasteiger partial charge in [-0.15, -0.1) is 0 Å². The maximum Gasteiger partial charge on any atom is 0.257 e. The highest BCUT2D eigenvalue weighted by Crippen LogP contribution is 2.27. The molecule has 0 heterocycles. The van der Waals surface area contributed by atoms with Crippen LogP contribution in [0.3, 0.4) is 0 Å². The standard InChI is InChI=1S/C22H26BrN3O3S/c1-14(2)29-19-10-9-16(13-18(19)23)21(28)25-22(30)24-17-7-5-6-15(12-17)8-11-20(27)26(3)4/h5-7,9-10,12-14H,8,11H2,1-4H3,(H2,24,25,28,30). The zero-order valence-corrected chi connectivity index (χ0v) is 19.9. The number of carbonyl (C=O) groups is 2. The molecule has 2 aromatic carbocycles. The van der Waals surface area contributed by atoms with E-state index in [4.69, 9.17) is 17.0 Å². The van der Waals surface area contributed by atoms with Crippen LogP contribution >= 0.6 is 28.1 Å². The summed E-state index contributed by atoms with van der Waals surface area (Å²) in [7, 11) is 3.48. The molecule has 0 fully saturated rings. The van der Waals surface area contributed by atoms with Crippen molar-refractivity contribution in [1.82, 2.24) is 10.2 Å². The van der Waals surface area contributed by atoms with Gasteiger partial charge in [0.05, 0.1) is 10.6 Å². The van der Waals surface area contributed by atoms with E-state index in [9.17, 15) is 9.59 Å². The SMILES string of the molecule is CC(C)Oc1ccc(C(=O)NC(=S)Nc2cccc(CCC(=O)N(C)C)c2)cc1Br. The molecule has 0 saturated heterocycles. The summed E-state index contributed by atoms with van der Waals surface area (Å²) in [5.74, 6) is 0.427. The van der Waals surface area contributed by atoms with E-state index in [0.717, 1.165) is 11.3 Å². The Morgan fingerprint density at radius 2 is 1.90 bits per heavy atom. The second kappa shape index (κ2) is 11.1. The number of aryl methyl sites for hydroxylation is 1. The summed E-state index contributed by atoms with van der Waals surface area (Å²) >= 11 is 8.70. The highest BCUT2D eigenvalue weighted by Gasteiger charge is 2.12. The van der Waals surface area contributed by atoms with E-state index in [1.807, 2.05) is 38.1 Å². The third-order valence-electron chi connectivity index (χ3n) is 4.09. The maximum absolute atomic E-state index is 12.5. The summed E-state index contributed by atoms with van der Waals surface area (Å²) in [6, 6.07) is 12.7. The summed E-state index contributed by atoms with van der Waals surface area (Å²) in [4.78, 5) is 25.8. The second-order valence-corrected chi connectivity index (χ2v) is 8.47. The molecule has 2 aromatic rings. The highest BCUT2D eigenvalue weighted by molar-refractivity contribution is 9.10. The van der Waals surface area contributed by atoms with E-state index in [1.165, 1.54) is 0 Å². The van der Waals surface area contributed by atoms with Gasteiger partial charge in [-0.3, -0.25) is 14.9 Å². The van der Waals surface area contributed by atoms with Crippen LogP contribution in [0, 0.1) is 0 Å². The van der Waals surface area contributed by atoms with Gasteiger partial charge in [-0.1, -0.05) is 12.1 Å². The minimum absolute atomic E-state index is 0.0366. The van der Waals surface area contributed by atoms with E-state index in [0.29, 0.717) is 28.6 Å². The number of rotatable bonds is 7. The van der Waals surface area contributed by atoms with Gasteiger partial charge in [-0.25, -0.2) is 0 Å². The summed E-state index contributed by atoms with van der Waals surface area (Å²) < 4.78 is 6.36. The molecule has 6 nitrogen and oxygen atoms in total. The number of carbonyl (C=O) groups excluding carboxylic acids is 2. The molecule has 0 bridgehead atoms. The number of nitrogens with one attached hydrogen (secondary N) is 2. The number of hydrogen-bond acceptors (Lipinski definition) is 4. The molecule has 160 valence electrons. The Kier molecular flexibility index (Phi) is 8.80. The minimum Gasteiger partial charge on any atom is -0.490 e. The van der Waals surface area contributed by atoms with Crippen LogP contribution < -0.4 is 15.4 Å². The lowest BCUT2D eigenvalue weighted by molar-refractivity contribution is -0.128. The quantitative estimate of drug-likeness (QED) is 0.562. The van der Waals surface area contributed by atoms with E-state index >= 15 is 0 Å². The van der Waals surface area contributed by atoms with Crippen molar-refractivity contribution in [1.29, 1.82) is 0 Å². The van der Waals surface area contributed by atoms with Crippen LogP contribution in [0.5, 0.6) is 5.75 Å². The zero-order valence-electron chi connectivity index (χ0n) is 17.5. The van der Waals surface area contributed by atoms with Gasteiger partial charge < -0.3 is 15.0 Å². The third kappa shape index (κ3) is 7.42. The van der Waals surface area contributed by atoms with Gasteiger partial charge in [-0.2, -0.15) is 0 Å². The molecule has 0 unspecified atom stereocenters. The predicted molar refractivity (Wildman–Crippen MR) is 127 cm³/mol. The lowest BCUT2D eigenvalue weighted by atomic mass is 10.1. The molecule has 0 aliphatic rings. The number of halogens is 1. The number of thiocarbonyl (C=S) groups is 1. The van der Waals surface area contributed by atoms with Gasteiger partial charge in [0.2, 0.25) is 5.91 Å². The molecule has 0 atom stereocenters. The van der Waals surface area contributed by atoms with Crippen LogP contribution in [0.15, 0.2) is 46.9 Å². The predicted octanol–water partition coefficient (Wildman–Crippen LogP) is 4.38. The van der Waals surface area contributed by atoms with Crippen molar-refractivity contribution in [3.8, 4) is 5.75 Å². The highest BCUT2D eigenvalue weighted by atomic mass is 79.9. The monoisotopic (exact) mass is 491 g/mol. The van der Waals surface area contributed by atoms with Gasteiger partial charge in [0.1, 0.15) is 5.75 Å². The number of hydrogen-bond donors (Lipinski definition) is 2. The van der Waals surface area contributed by atoms with Crippen LogP contribution in [-0.2, 0) is 11.2 Å². The fourth-order valence-corrected chi connectivity index (χ4v) is 3.29. The Hall–Kier alpha value is -2.45. The number of amides is 2. The molecule has 8 heteroatoms. The van der Waals surface area contributed by atoms with Gasteiger partial charge in [0, 0.05) is 31.8 Å². The van der Waals surface area contributed by atoms with E-state index in [-0.39, 0.29) is 23.0 Å². The molecule has 0 radical (unpaired) electrons. The first-order valence-electron chi connectivity index (χ1n) is 9.53. The summed E-state index contributed by atoms with van der Waals surface area (Å²) in [6.45, 7) is 3.87. The minimum atomic E-state index is -0.322. The number of anilines is 1. The first-order valence-corrected chi connectivity index (χ1v) is 10.7. The maximum atomic E-state index is 12.5. The Morgan fingerprint density at radius 3 is 2.53 bits per heavy atom. The van der Waals surface area contributed by atoms with E-state index < -0.39 is 0 Å². The van der Waals surface area contributed by atoms with Crippen LogP contribution in [-0.4, -0.2) is 42.0 Å². The van der Waals surface area contributed by atoms with Crippen molar-refractivity contribution < 1.29 is 14.3 Å². The van der Waals surface area contributed by atoms with Gasteiger partial charge in [-0.05, 0) is 84.3 Å². The molecule has 0 saturated carbocycles. The number of nitrogens with zero attached hydrogens (tertiary/aromatic N) is 1. The van der Waals surface area contributed by atoms with E-state index in [1.54, 1.807) is 37.2 Å². The van der Waals surface area contributed by atoms with E-state index in [2.05, 4.69) is 26.6 Å². The van der Waals surface area contributed by atoms with Crippen molar-refractivity contribution in [3.63, 3.8) is 0 Å². The fourth-order valence-electron chi connectivity index (χ4n) is 2.61. The molecule has 30 heavy (non-hydrogen) atoms. The van der Waals surface area contributed by atoms with Gasteiger partial charge in [0.15, 0.2) is 5.11 Å². The molecule has 2 N–H and O–H groups in total. The average molecular weight is 492 g/mol. The van der Waals surface area contributed by atoms with Crippen molar-refractivity contribution >= 4 is 50.8 Å². The summed E-state index contributed by atoms with van der Waals surface area (Å²) in [5, 5.41) is 5.88. The number of benzene rings is 2. The molecular weight excluding hydrogens is 466 g/mol. The van der Waals surface area contributed by atoms with Crippen LogP contribution in [0.25, 0.3) is 0 Å².